The van der Waals surface area contributed by atoms with Crippen LogP contribution in [0, 0.1) is 6.92 Å². The van der Waals surface area contributed by atoms with Gasteiger partial charge in [0, 0.05) is 0 Å². The van der Waals surface area contributed by atoms with E-state index in [9.17, 15) is 0 Å². The van der Waals surface area contributed by atoms with Gasteiger partial charge in [0.1, 0.15) is 5.75 Å². The second kappa shape index (κ2) is 10.5. The normalized spacial score (nSPS) is 11.4. The van der Waals surface area contributed by atoms with Gasteiger partial charge in [-0.25, -0.2) is 0 Å². The maximum atomic E-state index is 6.16. The topological polar surface area (TPSA) is 9.23 Å². The fourth-order valence-electron chi connectivity index (χ4n) is 3.70. The smallest absolute Gasteiger partial charge is 0.125 e. The van der Waals surface area contributed by atoms with Crippen molar-refractivity contribution in [3.8, 4) is 5.75 Å². The summed E-state index contributed by atoms with van der Waals surface area (Å²) in [5, 5.41) is 0. The Kier molecular flexibility index (Phi) is 8.37. The van der Waals surface area contributed by atoms with Crippen molar-refractivity contribution < 1.29 is 4.74 Å². The number of rotatable bonds is 11. The molecule has 0 saturated heterocycles. The minimum absolute atomic E-state index is 0.812. The Morgan fingerprint density at radius 2 is 1.81 bits per heavy atom. The predicted octanol–water partition coefficient (Wildman–Crippen LogP) is 7.24. The molecule has 2 rings (SSSR count). The van der Waals surface area contributed by atoms with Crippen LogP contribution in [0.3, 0.4) is 0 Å². The molecule has 0 spiro atoms. The Hall–Kier alpha value is -1.80. The maximum Gasteiger partial charge on any atom is 0.125 e. The molecule has 0 fully saturated rings. The summed E-state index contributed by atoms with van der Waals surface area (Å²) in [5.74, 6) is 1.11. The van der Waals surface area contributed by atoms with Gasteiger partial charge in [0.15, 0.2) is 0 Å². The summed E-state index contributed by atoms with van der Waals surface area (Å²) in [4.78, 5) is 0. The minimum Gasteiger partial charge on any atom is -0.493 e. The van der Waals surface area contributed by atoms with Crippen LogP contribution in [-0.4, -0.2) is 14.7 Å². The molecule has 146 valence electrons. The van der Waals surface area contributed by atoms with Gasteiger partial charge in [0.05, 0.1) is 14.7 Å². The van der Waals surface area contributed by atoms with Gasteiger partial charge in [-0.15, -0.1) is 0 Å². The lowest BCUT2D eigenvalue weighted by Gasteiger charge is -2.23. The van der Waals surface area contributed by atoms with Gasteiger partial charge in [0.2, 0.25) is 0 Å². The maximum absolute atomic E-state index is 6.16. The quantitative estimate of drug-likeness (QED) is 0.295. The number of benzene rings is 2. The fourth-order valence-corrected chi connectivity index (χ4v) is 6.35. The molecule has 0 heterocycles. The number of unbranched alkanes of at least 4 members (excludes halogenated alkanes) is 1. The number of aryl methyl sites for hydroxylation is 2. The van der Waals surface area contributed by atoms with Gasteiger partial charge in [0.25, 0.3) is 0 Å². The summed E-state index contributed by atoms with van der Waals surface area (Å²) < 4.78 is 6.16. The lowest BCUT2D eigenvalue weighted by atomic mass is 10.0. The Morgan fingerprint density at radius 1 is 1.07 bits per heavy atom. The highest BCUT2D eigenvalue weighted by Crippen LogP contribution is 2.29. The fraction of sp³-hybridized carbons (Fsp3) is 0.440. The first kappa shape index (κ1) is 21.5. The largest absolute Gasteiger partial charge is 0.493 e. The molecule has 0 aliphatic carbocycles. The number of hydrogen-bond acceptors (Lipinski definition) is 1. The van der Waals surface area contributed by atoms with E-state index >= 15 is 0 Å². The second-order valence-corrected chi connectivity index (χ2v) is 13.6. The molecule has 0 bridgehead atoms. The first-order chi connectivity index (χ1) is 12.9. The van der Waals surface area contributed by atoms with E-state index in [1.807, 2.05) is 6.08 Å². The summed E-state index contributed by atoms with van der Waals surface area (Å²) in [5.41, 5.74) is 5.28. The molecule has 0 saturated carbocycles. The van der Waals surface area contributed by atoms with E-state index in [2.05, 4.69) is 76.0 Å². The zero-order chi connectivity index (χ0) is 19.7. The second-order valence-electron chi connectivity index (χ2n) is 8.41. The van der Waals surface area contributed by atoms with Crippen LogP contribution in [0.5, 0.6) is 5.75 Å². The highest BCUT2D eigenvalue weighted by molar-refractivity contribution is 6.76. The SMILES string of the molecule is C=Cc1cc(C)c(OCCCC)c(CCC[Si](C)(C)Cc2ccccc2)c1. The average molecular weight is 381 g/mol. The zero-order valence-electron chi connectivity index (χ0n) is 17.7. The van der Waals surface area contributed by atoms with Crippen LogP contribution >= 0.6 is 0 Å². The van der Waals surface area contributed by atoms with Crippen LogP contribution < -0.4 is 4.74 Å². The summed E-state index contributed by atoms with van der Waals surface area (Å²) in [6.45, 7) is 14.2. The van der Waals surface area contributed by atoms with Crippen molar-refractivity contribution in [2.24, 2.45) is 0 Å². The standard InChI is InChI=1S/C25H36OSi/c1-6-8-16-26-25-21(3)18-22(7-2)19-24(25)15-12-17-27(4,5)20-23-13-10-9-11-14-23/h7,9-11,13-14,18-19H,2,6,8,12,15-17,20H2,1,3-5H3. The van der Waals surface area contributed by atoms with Crippen molar-refractivity contribution in [3.63, 3.8) is 0 Å². The van der Waals surface area contributed by atoms with Crippen molar-refractivity contribution in [3.05, 3.63) is 71.3 Å². The highest BCUT2D eigenvalue weighted by Gasteiger charge is 2.21. The van der Waals surface area contributed by atoms with Gasteiger partial charge < -0.3 is 4.74 Å². The monoisotopic (exact) mass is 380 g/mol. The van der Waals surface area contributed by atoms with Crippen molar-refractivity contribution >= 4 is 14.1 Å². The van der Waals surface area contributed by atoms with E-state index in [1.165, 1.54) is 47.2 Å². The van der Waals surface area contributed by atoms with Gasteiger partial charge in [-0.3, -0.25) is 0 Å². The van der Waals surface area contributed by atoms with Gasteiger partial charge in [-0.05, 0) is 54.6 Å². The van der Waals surface area contributed by atoms with E-state index in [4.69, 9.17) is 4.74 Å². The van der Waals surface area contributed by atoms with Crippen LogP contribution in [0.1, 0.15) is 48.4 Å². The van der Waals surface area contributed by atoms with Crippen LogP contribution in [0.25, 0.3) is 6.08 Å². The lowest BCUT2D eigenvalue weighted by Crippen LogP contribution is -2.29. The van der Waals surface area contributed by atoms with Gasteiger partial charge in [-0.2, -0.15) is 0 Å². The van der Waals surface area contributed by atoms with Crippen LogP contribution in [0.4, 0.5) is 0 Å². The molecule has 0 aromatic heterocycles. The van der Waals surface area contributed by atoms with Gasteiger partial charge >= 0.3 is 0 Å². The summed E-state index contributed by atoms with van der Waals surface area (Å²) in [7, 11) is -1.24. The molecule has 0 N–H and O–H groups in total. The van der Waals surface area contributed by atoms with Crippen LogP contribution in [-0.2, 0) is 12.5 Å². The molecule has 0 amide bonds. The molecule has 0 radical (unpaired) electrons. The molecule has 0 aliphatic rings. The molecule has 1 nitrogen and oxygen atoms in total. The lowest BCUT2D eigenvalue weighted by molar-refractivity contribution is 0.304. The highest BCUT2D eigenvalue weighted by atomic mass is 28.3. The summed E-state index contributed by atoms with van der Waals surface area (Å²) in [6, 6.07) is 18.0. The molecule has 0 atom stereocenters. The van der Waals surface area contributed by atoms with Crippen molar-refractivity contribution in [1.29, 1.82) is 0 Å². The van der Waals surface area contributed by atoms with E-state index in [1.54, 1.807) is 0 Å². The zero-order valence-corrected chi connectivity index (χ0v) is 18.7. The molecular weight excluding hydrogens is 344 g/mol. The molecule has 0 unspecified atom stereocenters. The molecular formula is C25H36OSi. The first-order valence-corrected chi connectivity index (χ1v) is 13.8. The number of ether oxygens (including phenoxy) is 1. The van der Waals surface area contributed by atoms with Crippen molar-refractivity contribution in [1.82, 2.24) is 0 Å². The van der Waals surface area contributed by atoms with Crippen molar-refractivity contribution in [2.45, 2.75) is 64.7 Å². The van der Waals surface area contributed by atoms with Gasteiger partial charge in [-0.1, -0.05) is 87.5 Å². The molecule has 2 aromatic rings. The third kappa shape index (κ3) is 7.02. The van der Waals surface area contributed by atoms with E-state index < -0.39 is 8.07 Å². The van der Waals surface area contributed by atoms with E-state index in [0.29, 0.717) is 0 Å². The van der Waals surface area contributed by atoms with E-state index in [0.717, 1.165) is 25.2 Å². The van der Waals surface area contributed by atoms with Crippen molar-refractivity contribution in [2.75, 3.05) is 6.61 Å². The van der Waals surface area contributed by atoms with Crippen LogP contribution in [0.2, 0.25) is 19.1 Å². The third-order valence-corrected chi connectivity index (χ3v) is 8.25. The minimum atomic E-state index is -1.24. The molecule has 2 heteroatoms. The van der Waals surface area contributed by atoms with E-state index in [-0.39, 0.29) is 0 Å². The first-order valence-electron chi connectivity index (χ1n) is 10.4. The third-order valence-electron chi connectivity index (χ3n) is 5.18. The number of hydrogen-bond donors (Lipinski definition) is 0. The average Bonchev–Trinajstić information content (AvgIpc) is 2.63. The Balaban J connectivity index is 2.02. The predicted molar refractivity (Wildman–Crippen MR) is 122 cm³/mol. The Bertz CT molecular complexity index is 719. The summed E-state index contributed by atoms with van der Waals surface area (Å²) in [6.07, 6.45) is 6.54. The molecule has 27 heavy (non-hydrogen) atoms. The van der Waals surface area contributed by atoms with Crippen LogP contribution in [0.15, 0.2) is 49.0 Å². The molecule has 0 aliphatic heterocycles. The molecule has 2 aromatic carbocycles. The summed E-state index contributed by atoms with van der Waals surface area (Å²) >= 11 is 0. The Morgan fingerprint density at radius 3 is 2.48 bits per heavy atom. The Labute approximate surface area is 167 Å².